The van der Waals surface area contributed by atoms with Gasteiger partial charge >= 0.3 is 6.18 Å². The SMILES string of the molecule is COc1ccnc(C(=O)N[C@@H](CC(C)C)c2noc(-c3ccc(C(F)(F)F)cc3)n2)c1O. The number of amides is 1. The van der Waals surface area contributed by atoms with Crippen molar-refractivity contribution in [3.8, 4) is 23.0 Å². The minimum atomic E-state index is -4.45. The molecule has 0 aliphatic carbocycles. The summed E-state index contributed by atoms with van der Waals surface area (Å²) in [6, 6.07) is 5.02. The van der Waals surface area contributed by atoms with Gasteiger partial charge in [-0.1, -0.05) is 19.0 Å². The second-order valence-corrected chi connectivity index (χ2v) is 7.40. The molecule has 32 heavy (non-hydrogen) atoms. The molecule has 0 radical (unpaired) electrons. The predicted octanol–water partition coefficient (Wildman–Crippen LogP) is 4.38. The van der Waals surface area contributed by atoms with Crippen LogP contribution in [-0.2, 0) is 6.18 Å². The van der Waals surface area contributed by atoms with Gasteiger partial charge in [0.05, 0.1) is 18.7 Å². The number of ether oxygens (including phenoxy) is 1. The van der Waals surface area contributed by atoms with Gasteiger partial charge in [-0.15, -0.1) is 0 Å². The van der Waals surface area contributed by atoms with Crippen molar-refractivity contribution in [2.75, 3.05) is 7.11 Å². The summed E-state index contributed by atoms with van der Waals surface area (Å²) in [4.78, 5) is 20.9. The van der Waals surface area contributed by atoms with Gasteiger partial charge in [-0.25, -0.2) is 4.98 Å². The zero-order chi connectivity index (χ0) is 23.5. The lowest BCUT2D eigenvalue weighted by Gasteiger charge is -2.17. The third kappa shape index (κ3) is 5.16. The summed E-state index contributed by atoms with van der Waals surface area (Å²) in [7, 11) is 1.35. The quantitative estimate of drug-likeness (QED) is 0.550. The van der Waals surface area contributed by atoms with Gasteiger partial charge in [0.1, 0.15) is 0 Å². The van der Waals surface area contributed by atoms with Crippen molar-refractivity contribution >= 4 is 5.91 Å². The fourth-order valence-corrected chi connectivity index (χ4v) is 2.99. The van der Waals surface area contributed by atoms with Crippen molar-refractivity contribution in [2.24, 2.45) is 5.92 Å². The average Bonchev–Trinajstić information content (AvgIpc) is 3.23. The minimum Gasteiger partial charge on any atom is -0.503 e. The fourth-order valence-electron chi connectivity index (χ4n) is 2.99. The number of rotatable bonds is 7. The Labute approximate surface area is 181 Å². The van der Waals surface area contributed by atoms with Gasteiger partial charge in [0.25, 0.3) is 11.8 Å². The highest BCUT2D eigenvalue weighted by atomic mass is 19.4. The summed E-state index contributed by atoms with van der Waals surface area (Å²) in [6.45, 7) is 3.86. The van der Waals surface area contributed by atoms with Gasteiger partial charge in [0.2, 0.25) is 0 Å². The molecular weight excluding hydrogens is 429 g/mol. The van der Waals surface area contributed by atoms with Crippen LogP contribution in [0, 0.1) is 5.92 Å². The number of hydrogen-bond acceptors (Lipinski definition) is 7. The van der Waals surface area contributed by atoms with E-state index in [1.54, 1.807) is 0 Å². The second-order valence-electron chi connectivity index (χ2n) is 7.40. The largest absolute Gasteiger partial charge is 0.503 e. The average molecular weight is 450 g/mol. The molecule has 170 valence electrons. The molecule has 0 aliphatic heterocycles. The van der Waals surface area contributed by atoms with E-state index in [0.29, 0.717) is 12.0 Å². The maximum Gasteiger partial charge on any atom is 0.416 e. The third-order valence-electron chi connectivity index (χ3n) is 4.55. The van der Waals surface area contributed by atoms with Crippen molar-refractivity contribution < 1.29 is 32.3 Å². The van der Waals surface area contributed by atoms with Gasteiger partial charge < -0.3 is 19.7 Å². The molecule has 1 amide bonds. The molecule has 1 atom stereocenters. The first-order chi connectivity index (χ1) is 15.1. The first-order valence-corrected chi connectivity index (χ1v) is 9.64. The molecule has 3 rings (SSSR count). The molecule has 0 spiro atoms. The molecule has 2 heterocycles. The summed E-state index contributed by atoms with van der Waals surface area (Å²) >= 11 is 0. The number of hydrogen-bond donors (Lipinski definition) is 2. The van der Waals surface area contributed by atoms with E-state index in [4.69, 9.17) is 9.26 Å². The Hall–Kier alpha value is -3.63. The van der Waals surface area contributed by atoms with Crippen LogP contribution in [-0.4, -0.2) is 33.2 Å². The van der Waals surface area contributed by atoms with Crippen molar-refractivity contribution in [2.45, 2.75) is 32.5 Å². The number of aromatic nitrogens is 3. The Morgan fingerprint density at radius 2 is 1.91 bits per heavy atom. The van der Waals surface area contributed by atoms with Gasteiger partial charge in [-0.05, 0) is 36.6 Å². The van der Waals surface area contributed by atoms with Crippen molar-refractivity contribution in [3.05, 3.63) is 53.6 Å². The lowest BCUT2D eigenvalue weighted by atomic mass is 10.0. The summed E-state index contributed by atoms with van der Waals surface area (Å²) < 4.78 is 48.5. The first-order valence-electron chi connectivity index (χ1n) is 9.64. The van der Waals surface area contributed by atoms with E-state index in [-0.39, 0.29) is 29.1 Å². The van der Waals surface area contributed by atoms with E-state index in [1.165, 1.54) is 31.5 Å². The summed E-state index contributed by atoms with van der Waals surface area (Å²) in [6.07, 6.45) is -2.70. The molecule has 0 aliphatic rings. The van der Waals surface area contributed by atoms with Crippen LogP contribution >= 0.6 is 0 Å². The van der Waals surface area contributed by atoms with Gasteiger partial charge in [0.15, 0.2) is 23.0 Å². The Bertz CT molecular complexity index is 1080. The van der Waals surface area contributed by atoms with Crippen LogP contribution in [0.1, 0.15) is 48.2 Å². The third-order valence-corrected chi connectivity index (χ3v) is 4.55. The van der Waals surface area contributed by atoms with E-state index in [0.717, 1.165) is 12.1 Å². The summed E-state index contributed by atoms with van der Waals surface area (Å²) in [5.41, 5.74) is -0.723. The van der Waals surface area contributed by atoms with Crippen LogP contribution in [0.5, 0.6) is 11.5 Å². The van der Waals surface area contributed by atoms with Crippen LogP contribution in [0.4, 0.5) is 13.2 Å². The lowest BCUT2D eigenvalue weighted by Crippen LogP contribution is -2.31. The van der Waals surface area contributed by atoms with Crippen molar-refractivity contribution in [3.63, 3.8) is 0 Å². The molecule has 0 unspecified atom stereocenters. The number of nitrogens with one attached hydrogen (secondary N) is 1. The zero-order valence-corrected chi connectivity index (χ0v) is 17.5. The Morgan fingerprint density at radius 3 is 2.50 bits per heavy atom. The zero-order valence-electron chi connectivity index (χ0n) is 17.5. The molecule has 2 aromatic heterocycles. The first kappa shape index (κ1) is 23.0. The van der Waals surface area contributed by atoms with E-state index >= 15 is 0 Å². The number of nitrogens with zero attached hydrogens (tertiary/aromatic N) is 3. The van der Waals surface area contributed by atoms with E-state index in [9.17, 15) is 23.1 Å². The standard InChI is InChI=1S/C21H21F3N4O4/c1-11(2)10-14(26-19(30)16-17(29)15(31-3)8-9-25-16)18-27-20(32-28-18)12-4-6-13(7-5-12)21(22,23)24/h4-9,11,14,29H,10H2,1-3H3,(H,26,30)/t14-/m0/s1. The van der Waals surface area contributed by atoms with E-state index in [2.05, 4.69) is 20.4 Å². The second kappa shape index (κ2) is 9.25. The molecule has 11 heteroatoms. The van der Waals surface area contributed by atoms with Gasteiger partial charge in [-0.2, -0.15) is 18.2 Å². The fraction of sp³-hybridized carbons (Fsp3) is 0.333. The van der Waals surface area contributed by atoms with Gasteiger partial charge in [0, 0.05) is 17.8 Å². The maximum absolute atomic E-state index is 12.8. The lowest BCUT2D eigenvalue weighted by molar-refractivity contribution is -0.137. The molecule has 1 aromatic carbocycles. The van der Waals surface area contributed by atoms with E-state index in [1.807, 2.05) is 13.8 Å². The molecular formula is C21H21F3N4O4. The Morgan fingerprint density at radius 1 is 1.22 bits per heavy atom. The van der Waals surface area contributed by atoms with E-state index < -0.39 is 29.4 Å². The number of carbonyl (C=O) groups excluding carboxylic acids is 1. The molecule has 0 bridgehead atoms. The monoisotopic (exact) mass is 450 g/mol. The summed E-state index contributed by atoms with van der Waals surface area (Å²) in [5.74, 6) is -0.708. The number of halogens is 3. The van der Waals surface area contributed by atoms with Crippen LogP contribution in [0.2, 0.25) is 0 Å². The summed E-state index contributed by atoms with van der Waals surface area (Å²) in [5, 5.41) is 16.8. The molecule has 0 fully saturated rings. The number of pyridine rings is 1. The number of methoxy groups -OCH3 is 1. The molecule has 2 N–H and O–H groups in total. The van der Waals surface area contributed by atoms with Crippen LogP contribution in [0.15, 0.2) is 41.1 Å². The highest BCUT2D eigenvalue weighted by molar-refractivity contribution is 5.95. The van der Waals surface area contributed by atoms with Crippen molar-refractivity contribution in [1.82, 2.24) is 20.4 Å². The molecule has 3 aromatic rings. The minimum absolute atomic E-state index is 0.0130. The molecule has 8 nitrogen and oxygen atoms in total. The van der Waals surface area contributed by atoms with Crippen LogP contribution < -0.4 is 10.1 Å². The van der Waals surface area contributed by atoms with Crippen molar-refractivity contribution in [1.29, 1.82) is 0 Å². The highest BCUT2D eigenvalue weighted by Crippen LogP contribution is 2.32. The smallest absolute Gasteiger partial charge is 0.416 e. The Kier molecular flexibility index (Phi) is 6.66. The number of alkyl halides is 3. The molecule has 0 saturated heterocycles. The maximum atomic E-state index is 12.8. The Balaban J connectivity index is 1.84. The predicted molar refractivity (Wildman–Crippen MR) is 107 cm³/mol. The highest BCUT2D eigenvalue weighted by Gasteiger charge is 2.30. The number of aromatic hydroxyl groups is 1. The van der Waals surface area contributed by atoms with Gasteiger partial charge in [-0.3, -0.25) is 4.79 Å². The molecule has 0 saturated carbocycles. The van der Waals surface area contributed by atoms with Crippen LogP contribution in [0.25, 0.3) is 11.5 Å². The number of carbonyl (C=O) groups is 1. The van der Waals surface area contributed by atoms with Crippen LogP contribution in [0.3, 0.4) is 0 Å². The topological polar surface area (TPSA) is 110 Å². The normalized spacial score (nSPS) is 12.6. The number of benzene rings is 1.